The summed E-state index contributed by atoms with van der Waals surface area (Å²) in [5, 5.41) is 8.88. The molecule has 14 heteroatoms. The summed E-state index contributed by atoms with van der Waals surface area (Å²) in [6.07, 6.45) is -3.99. The lowest BCUT2D eigenvalue weighted by Crippen LogP contribution is -2.41. The third-order valence-corrected chi connectivity index (χ3v) is 8.43. The lowest BCUT2D eigenvalue weighted by atomic mass is 10.1. The number of hydrogen-bond donors (Lipinski definition) is 0. The molecule has 4 atom stereocenters. The Kier molecular flexibility index (Phi) is 10.0. The highest BCUT2D eigenvalue weighted by Crippen LogP contribution is 2.37. The SMILES string of the molecule is CCCSc1nc(Cl)c2nnn([C@@H]3O[C@H](COC(=O)c4ccccc4)[C@@H](OC(=O)c4ccccc4)[C@H]3OC(=O)c3ccccc3)c2n1. The Hall–Kier alpha value is -4.85. The normalized spacial score (nSPS) is 18.9. The standard InChI is InChI=1S/C33H28ClN5O7S/c1-2-18-47-33-35-27(34)24-28(36-33)39(38-37-24)29-26(46-32(42)22-16-10-5-11-17-22)25(45-31(41)21-14-8-4-9-15-21)23(44-29)19-43-30(40)20-12-6-3-7-13-20/h3-17,23,25-26,29H,2,18-19H2,1H3/t23-,25-,26-,29-/m1/s1. The minimum atomic E-state index is -1.29. The van der Waals surface area contributed by atoms with Gasteiger partial charge in [0, 0.05) is 5.75 Å². The number of fused-ring (bicyclic) bond motifs is 1. The van der Waals surface area contributed by atoms with Crippen molar-refractivity contribution < 1.29 is 33.3 Å². The van der Waals surface area contributed by atoms with E-state index in [0.29, 0.717) is 10.7 Å². The molecule has 0 saturated carbocycles. The van der Waals surface area contributed by atoms with E-state index in [4.69, 9.17) is 30.5 Å². The van der Waals surface area contributed by atoms with Gasteiger partial charge in [-0.05, 0) is 42.8 Å². The van der Waals surface area contributed by atoms with Crippen LogP contribution in [0.1, 0.15) is 50.6 Å². The summed E-state index contributed by atoms with van der Waals surface area (Å²) in [5.74, 6) is -1.28. The Balaban J connectivity index is 1.39. The molecule has 1 aliphatic rings. The number of benzene rings is 3. The molecule has 0 unspecified atom stereocenters. The van der Waals surface area contributed by atoms with Gasteiger partial charge >= 0.3 is 17.9 Å². The quantitative estimate of drug-likeness (QED) is 0.0567. The molecular formula is C33H28ClN5O7S. The predicted octanol–water partition coefficient (Wildman–Crippen LogP) is 5.58. The highest BCUT2D eigenvalue weighted by molar-refractivity contribution is 7.99. The fourth-order valence-electron chi connectivity index (χ4n) is 4.86. The van der Waals surface area contributed by atoms with Gasteiger partial charge < -0.3 is 18.9 Å². The zero-order valence-electron chi connectivity index (χ0n) is 25.0. The van der Waals surface area contributed by atoms with Crippen molar-refractivity contribution in [2.75, 3.05) is 12.4 Å². The number of nitrogens with zero attached hydrogens (tertiary/aromatic N) is 5. The van der Waals surface area contributed by atoms with Gasteiger partial charge in [0.15, 0.2) is 39.9 Å². The maximum Gasteiger partial charge on any atom is 0.338 e. The van der Waals surface area contributed by atoms with E-state index in [-0.39, 0.29) is 34.1 Å². The fourth-order valence-corrected chi connectivity index (χ4v) is 5.81. The summed E-state index contributed by atoms with van der Waals surface area (Å²) in [4.78, 5) is 48.7. The van der Waals surface area contributed by atoms with Crippen molar-refractivity contribution >= 4 is 52.4 Å². The molecule has 2 aromatic heterocycles. The van der Waals surface area contributed by atoms with Crippen molar-refractivity contribution in [3.05, 3.63) is 113 Å². The van der Waals surface area contributed by atoms with Gasteiger partial charge in [-0.25, -0.2) is 24.4 Å². The zero-order valence-corrected chi connectivity index (χ0v) is 26.5. The van der Waals surface area contributed by atoms with Crippen LogP contribution in [0.3, 0.4) is 0 Å². The van der Waals surface area contributed by atoms with Crippen molar-refractivity contribution in [1.29, 1.82) is 0 Å². The lowest BCUT2D eigenvalue weighted by Gasteiger charge is -2.24. The molecular weight excluding hydrogens is 646 g/mol. The first-order valence-electron chi connectivity index (χ1n) is 14.7. The van der Waals surface area contributed by atoms with Gasteiger partial charge in [0.25, 0.3) is 0 Å². The number of rotatable bonds is 11. The second-order valence-electron chi connectivity index (χ2n) is 10.4. The zero-order chi connectivity index (χ0) is 32.8. The maximum atomic E-state index is 13.5. The molecule has 0 radical (unpaired) electrons. The predicted molar refractivity (Wildman–Crippen MR) is 171 cm³/mol. The van der Waals surface area contributed by atoms with Crippen LogP contribution in [0.15, 0.2) is 96.2 Å². The molecule has 0 bridgehead atoms. The van der Waals surface area contributed by atoms with Crippen LogP contribution in [0.25, 0.3) is 11.2 Å². The fraction of sp³-hybridized carbons (Fsp3) is 0.242. The van der Waals surface area contributed by atoms with E-state index in [9.17, 15) is 14.4 Å². The summed E-state index contributed by atoms with van der Waals surface area (Å²) >= 11 is 7.87. The van der Waals surface area contributed by atoms with E-state index < -0.39 is 42.4 Å². The van der Waals surface area contributed by atoms with Crippen LogP contribution in [0, 0.1) is 0 Å². The summed E-state index contributed by atoms with van der Waals surface area (Å²) in [6, 6.07) is 25.0. The Morgan fingerprint density at radius 2 is 1.36 bits per heavy atom. The van der Waals surface area contributed by atoms with Crippen LogP contribution in [0.5, 0.6) is 0 Å². The first-order valence-corrected chi connectivity index (χ1v) is 16.1. The number of ether oxygens (including phenoxy) is 4. The number of carbonyl (C=O) groups is 3. The van der Waals surface area contributed by atoms with Gasteiger partial charge in [-0.15, -0.1) is 5.10 Å². The minimum absolute atomic E-state index is 0.0797. The monoisotopic (exact) mass is 673 g/mol. The maximum absolute atomic E-state index is 13.5. The van der Waals surface area contributed by atoms with Crippen LogP contribution in [0.2, 0.25) is 5.15 Å². The van der Waals surface area contributed by atoms with Gasteiger partial charge in [-0.1, -0.05) is 90.1 Å². The Morgan fingerprint density at radius 3 is 1.94 bits per heavy atom. The molecule has 47 heavy (non-hydrogen) atoms. The molecule has 6 rings (SSSR count). The first kappa shape index (κ1) is 32.1. The second kappa shape index (κ2) is 14.7. The van der Waals surface area contributed by atoms with Gasteiger partial charge in [-0.2, -0.15) is 4.68 Å². The van der Waals surface area contributed by atoms with Crippen molar-refractivity contribution in [2.45, 2.75) is 43.0 Å². The molecule has 3 aromatic carbocycles. The molecule has 0 amide bonds. The van der Waals surface area contributed by atoms with Gasteiger partial charge in [0.1, 0.15) is 12.7 Å². The van der Waals surface area contributed by atoms with Gasteiger partial charge in [0.2, 0.25) is 0 Å². The molecule has 5 aromatic rings. The van der Waals surface area contributed by atoms with Gasteiger partial charge in [0.05, 0.1) is 16.7 Å². The summed E-state index contributed by atoms with van der Waals surface area (Å²) in [5.41, 5.74) is 1.24. The largest absolute Gasteiger partial charge is 0.459 e. The molecule has 1 saturated heterocycles. The molecule has 1 aliphatic heterocycles. The molecule has 0 spiro atoms. The Bertz CT molecular complexity index is 1860. The average molecular weight is 674 g/mol. The van der Waals surface area contributed by atoms with E-state index in [1.807, 2.05) is 6.92 Å². The third kappa shape index (κ3) is 7.27. The van der Waals surface area contributed by atoms with E-state index in [0.717, 1.165) is 12.2 Å². The average Bonchev–Trinajstić information content (AvgIpc) is 3.68. The van der Waals surface area contributed by atoms with Crippen molar-refractivity contribution in [2.24, 2.45) is 0 Å². The molecule has 3 heterocycles. The highest BCUT2D eigenvalue weighted by Gasteiger charge is 2.52. The summed E-state index contributed by atoms with van der Waals surface area (Å²) in [7, 11) is 0. The number of thioether (sulfide) groups is 1. The van der Waals surface area contributed by atoms with Crippen molar-refractivity contribution in [1.82, 2.24) is 25.0 Å². The van der Waals surface area contributed by atoms with Gasteiger partial charge in [-0.3, -0.25) is 0 Å². The van der Waals surface area contributed by atoms with Crippen molar-refractivity contribution in [3.8, 4) is 0 Å². The van der Waals surface area contributed by atoms with Crippen LogP contribution >= 0.6 is 23.4 Å². The highest BCUT2D eigenvalue weighted by atomic mass is 35.5. The molecule has 0 N–H and O–H groups in total. The Morgan fingerprint density at radius 1 is 0.809 bits per heavy atom. The van der Waals surface area contributed by atoms with E-state index in [2.05, 4.69) is 20.3 Å². The summed E-state index contributed by atoms with van der Waals surface area (Å²) in [6.45, 7) is 1.68. The van der Waals surface area contributed by atoms with Crippen LogP contribution in [0.4, 0.5) is 0 Å². The number of aromatic nitrogens is 5. The minimum Gasteiger partial charge on any atom is -0.459 e. The van der Waals surface area contributed by atoms with Crippen LogP contribution in [-0.4, -0.2) is 73.5 Å². The van der Waals surface area contributed by atoms with Crippen molar-refractivity contribution in [3.63, 3.8) is 0 Å². The van der Waals surface area contributed by atoms with E-state index in [1.165, 1.54) is 16.4 Å². The Labute approximate surface area is 278 Å². The smallest absolute Gasteiger partial charge is 0.338 e. The second-order valence-corrected chi connectivity index (χ2v) is 11.8. The molecule has 12 nitrogen and oxygen atoms in total. The summed E-state index contributed by atoms with van der Waals surface area (Å²) < 4.78 is 25.3. The molecule has 0 aliphatic carbocycles. The third-order valence-electron chi connectivity index (χ3n) is 7.12. The molecule has 240 valence electrons. The first-order chi connectivity index (χ1) is 22.9. The van der Waals surface area contributed by atoms with Crippen LogP contribution in [-0.2, 0) is 18.9 Å². The lowest BCUT2D eigenvalue weighted by molar-refractivity contribution is -0.0661. The molecule has 1 fully saturated rings. The number of hydrogen-bond acceptors (Lipinski definition) is 12. The van der Waals surface area contributed by atoms with E-state index in [1.54, 1.807) is 91.0 Å². The number of esters is 3. The van der Waals surface area contributed by atoms with E-state index >= 15 is 0 Å². The number of halogens is 1. The number of carbonyl (C=O) groups excluding carboxylic acids is 3. The topological polar surface area (TPSA) is 145 Å². The van der Waals surface area contributed by atoms with Crippen LogP contribution < -0.4 is 0 Å².